The summed E-state index contributed by atoms with van der Waals surface area (Å²) < 4.78 is 37.3. The number of aliphatic hydroxyl groups is 1. The Labute approximate surface area is 266 Å². The van der Waals surface area contributed by atoms with Crippen molar-refractivity contribution >= 4 is 11.8 Å². The number of ether oxygens (including phenoxy) is 6. The van der Waals surface area contributed by atoms with E-state index in [-0.39, 0.29) is 47.2 Å². The summed E-state index contributed by atoms with van der Waals surface area (Å²) in [6, 6.07) is 7.02. The van der Waals surface area contributed by atoms with E-state index in [1.54, 1.807) is 59.8 Å². The molecule has 1 aromatic rings. The zero-order valence-corrected chi connectivity index (χ0v) is 27.6. The Morgan fingerprint density at radius 2 is 1.69 bits per heavy atom. The smallest absolute Gasteiger partial charge is 0.303 e. The van der Waals surface area contributed by atoms with Crippen molar-refractivity contribution < 1.29 is 43.1 Å². The largest absolute Gasteiger partial charge is 0.497 e. The van der Waals surface area contributed by atoms with Crippen molar-refractivity contribution in [3.05, 3.63) is 29.8 Å². The number of fused-ring (bicyclic) bond motifs is 2. The quantitative estimate of drug-likeness (QED) is 0.307. The van der Waals surface area contributed by atoms with Crippen molar-refractivity contribution in [3.8, 4) is 5.75 Å². The Balaban J connectivity index is 1.52. The first-order valence-corrected chi connectivity index (χ1v) is 16.5. The molecule has 1 saturated heterocycles. The lowest BCUT2D eigenvalue weighted by Crippen LogP contribution is -2.77. The van der Waals surface area contributed by atoms with E-state index in [4.69, 9.17) is 28.4 Å². The molecule has 7 rings (SSSR count). The van der Waals surface area contributed by atoms with E-state index in [1.165, 1.54) is 6.92 Å². The van der Waals surface area contributed by atoms with Crippen molar-refractivity contribution in [1.82, 2.24) is 4.90 Å². The van der Waals surface area contributed by atoms with Crippen LogP contribution in [0.1, 0.15) is 49.9 Å². The molecule has 45 heavy (non-hydrogen) atoms. The van der Waals surface area contributed by atoms with E-state index < -0.39 is 40.5 Å². The first kappa shape index (κ1) is 31.5. The molecule has 10 heteroatoms. The van der Waals surface area contributed by atoms with E-state index in [9.17, 15) is 14.7 Å². The minimum atomic E-state index is -1.46. The van der Waals surface area contributed by atoms with Gasteiger partial charge in [0.15, 0.2) is 5.78 Å². The summed E-state index contributed by atoms with van der Waals surface area (Å²) in [6.45, 7) is 5.86. The molecule has 0 amide bonds. The van der Waals surface area contributed by atoms with Crippen LogP contribution in [0, 0.1) is 40.4 Å². The molecule has 0 aromatic heterocycles. The van der Waals surface area contributed by atoms with Gasteiger partial charge in [-0.05, 0) is 56.0 Å². The molecule has 7 bridgehead atoms. The van der Waals surface area contributed by atoms with Gasteiger partial charge in [0.05, 0.1) is 37.9 Å². The fourth-order valence-corrected chi connectivity index (χ4v) is 12.7. The van der Waals surface area contributed by atoms with Crippen LogP contribution < -0.4 is 4.74 Å². The van der Waals surface area contributed by atoms with Gasteiger partial charge in [-0.25, -0.2) is 0 Å². The summed E-state index contributed by atoms with van der Waals surface area (Å²) in [5.41, 5.74) is -2.76. The summed E-state index contributed by atoms with van der Waals surface area (Å²) in [7, 11) is 8.52. The maximum absolute atomic E-state index is 14.8. The fraction of sp³-hybridized carbons (Fsp3) is 0.771. The molecule has 1 heterocycles. The molecule has 6 fully saturated rings. The van der Waals surface area contributed by atoms with Crippen molar-refractivity contribution in [3.63, 3.8) is 0 Å². The Morgan fingerprint density at radius 3 is 2.27 bits per heavy atom. The first-order valence-electron chi connectivity index (χ1n) is 16.5. The number of hydrogen-bond donors (Lipinski definition) is 1. The predicted octanol–water partition coefficient (Wildman–Crippen LogP) is 2.99. The van der Waals surface area contributed by atoms with Gasteiger partial charge in [-0.3, -0.25) is 14.5 Å². The summed E-state index contributed by atoms with van der Waals surface area (Å²) in [6.07, 6.45) is 1.28. The number of ketones is 1. The number of esters is 1. The third-order valence-electron chi connectivity index (χ3n) is 13.5. The van der Waals surface area contributed by atoms with Crippen molar-refractivity contribution in [2.45, 2.75) is 75.1 Å². The zero-order chi connectivity index (χ0) is 32.1. The van der Waals surface area contributed by atoms with Gasteiger partial charge in [0, 0.05) is 88.5 Å². The molecular weight excluding hydrogens is 578 g/mol. The Bertz CT molecular complexity index is 1340. The third kappa shape index (κ3) is 3.72. The lowest BCUT2D eigenvalue weighted by molar-refractivity contribution is -0.277. The van der Waals surface area contributed by atoms with Gasteiger partial charge in [-0.1, -0.05) is 6.92 Å². The number of piperidine rings is 1. The molecule has 3 unspecified atom stereocenters. The van der Waals surface area contributed by atoms with Gasteiger partial charge in [0.1, 0.15) is 17.0 Å². The van der Waals surface area contributed by atoms with Crippen molar-refractivity contribution in [2.75, 3.05) is 55.2 Å². The number of carbonyl (C=O) groups excluding carboxylic acids is 2. The molecule has 248 valence electrons. The number of nitrogens with zero attached hydrogens (tertiary/aromatic N) is 1. The molecule has 13 atom stereocenters. The van der Waals surface area contributed by atoms with Crippen molar-refractivity contribution in [2.24, 2.45) is 40.4 Å². The first-order chi connectivity index (χ1) is 21.6. The number of benzene rings is 1. The molecule has 1 aliphatic heterocycles. The molecule has 10 nitrogen and oxygen atoms in total. The maximum atomic E-state index is 14.8. The average molecular weight is 628 g/mol. The lowest BCUT2D eigenvalue weighted by atomic mass is 9.42. The zero-order valence-electron chi connectivity index (χ0n) is 27.6. The average Bonchev–Trinajstić information content (AvgIpc) is 3.43. The lowest BCUT2D eigenvalue weighted by Gasteiger charge is -2.69. The second-order valence-electron chi connectivity index (χ2n) is 14.6. The van der Waals surface area contributed by atoms with Crippen LogP contribution in [0.4, 0.5) is 0 Å². The van der Waals surface area contributed by atoms with Crippen LogP contribution in [-0.4, -0.2) is 113 Å². The van der Waals surface area contributed by atoms with Gasteiger partial charge < -0.3 is 33.5 Å². The topological polar surface area (TPSA) is 113 Å². The van der Waals surface area contributed by atoms with E-state index in [0.29, 0.717) is 30.8 Å². The van der Waals surface area contributed by atoms with Gasteiger partial charge in [0.2, 0.25) is 0 Å². The second kappa shape index (κ2) is 10.7. The predicted molar refractivity (Wildman–Crippen MR) is 163 cm³/mol. The molecule has 1 aromatic carbocycles. The van der Waals surface area contributed by atoms with E-state index in [1.807, 2.05) is 0 Å². The number of hydrogen-bond acceptors (Lipinski definition) is 10. The van der Waals surface area contributed by atoms with Crippen LogP contribution in [0.3, 0.4) is 0 Å². The molecule has 5 saturated carbocycles. The van der Waals surface area contributed by atoms with Crippen LogP contribution in [0.5, 0.6) is 5.75 Å². The van der Waals surface area contributed by atoms with E-state index in [2.05, 4.69) is 11.8 Å². The van der Waals surface area contributed by atoms with Gasteiger partial charge >= 0.3 is 5.97 Å². The molecule has 1 N–H and O–H groups in total. The number of rotatable bonds is 10. The highest BCUT2D eigenvalue weighted by atomic mass is 16.6. The Hall–Kier alpha value is -2.08. The summed E-state index contributed by atoms with van der Waals surface area (Å²) in [4.78, 5) is 30.7. The van der Waals surface area contributed by atoms with Crippen LogP contribution in [0.15, 0.2) is 24.3 Å². The maximum Gasteiger partial charge on any atom is 0.303 e. The van der Waals surface area contributed by atoms with Gasteiger partial charge in [-0.2, -0.15) is 0 Å². The second-order valence-corrected chi connectivity index (χ2v) is 14.6. The van der Waals surface area contributed by atoms with Crippen LogP contribution >= 0.6 is 0 Å². The van der Waals surface area contributed by atoms with Crippen molar-refractivity contribution in [1.29, 1.82) is 0 Å². The number of Topliss-reactive ketones (excluding diaryl/α,β-unsaturated/α-hetero) is 1. The standard InChI is InChI=1S/C35H49NO9/c1-8-36-17-32(18-40-3)14-13-23(42-5)35-22-15-33(39)24(43-6)16-34(45-19(2)37,27(31(35)36)29(44-7)30(32)35)25(22)26(33)28(38)20-9-11-21(41-4)12-10-20/h9-12,22-27,29-31,39H,8,13-18H2,1-7H3/t22-,23+,24+,25-,26+,27?,29+,30-,31?,32+,33+,34-,35?/m1/s1. The summed E-state index contributed by atoms with van der Waals surface area (Å²) in [5.74, 6) is -1.66. The van der Waals surface area contributed by atoms with Crippen LogP contribution in [0.2, 0.25) is 0 Å². The molecule has 5 aliphatic carbocycles. The normalized spacial score (nSPS) is 47.4. The van der Waals surface area contributed by atoms with Gasteiger partial charge in [-0.15, -0.1) is 0 Å². The minimum absolute atomic E-state index is 0.0227. The Morgan fingerprint density at radius 1 is 0.978 bits per heavy atom. The van der Waals surface area contributed by atoms with Crippen LogP contribution in [-0.2, 0) is 28.5 Å². The molecule has 6 aliphatic rings. The monoisotopic (exact) mass is 627 g/mol. The SMILES string of the molecule is CCN1C[C@]2(COC)CC[C@H](OC)C34C1C([C@H](OC)[C@@H]32)[C@@]1(OC(C)=O)C[C@H](OC)[C@@]2(O)C[C@@H]4[C@@H]1[C@H]2C(=O)c1ccc(OC)cc1. The molecular formula is C35H49NO9. The summed E-state index contributed by atoms with van der Waals surface area (Å²) in [5, 5.41) is 12.9. The molecule has 0 radical (unpaired) electrons. The molecule has 1 spiro atoms. The summed E-state index contributed by atoms with van der Waals surface area (Å²) >= 11 is 0. The Kier molecular flexibility index (Phi) is 7.51. The minimum Gasteiger partial charge on any atom is -0.497 e. The van der Waals surface area contributed by atoms with E-state index in [0.717, 1.165) is 25.9 Å². The van der Waals surface area contributed by atoms with Gasteiger partial charge in [0.25, 0.3) is 0 Å². The fourth-order valence-electron chi connectivity index (χ4n) is 12.7. The number of carbonyl (C=O) groups is 2. The highest BCUT2D eigenvalue weighted by Gasteiger charge is 2.89. The highest BCUT2D eigenvalue weighted by Crippen LogP contribution is 2.81. The van der Waals surface area contributed by atoms with E-state index >= 15 is 0 Å². The number of likely N-dealkylation sites (tertiary alicyclic amines) is 1. The number of methoxy groups -OCH3 is 5. The highest BCUT2D eigenvalue weighted by molar-refractivity contribution is 5.99. The third-order valence-corrected chi connectivity index (χ3v) is 13.5. The van der Waals surface area contributed by atoms with Crippen LogP contribution in [0.25, 0.3) is 0 Å².